The fraction of sp³-hybridized carbons (Fsp3) is 0.400. The van der Waals surface area contributed by atoms with Crippen molar-refractivity contribution in [1.29, 1.82) is 0 Å². The molecule has 1 N–H and O–H groups in total. The number of alkyl halides is 3. The molecule has 0 bridgehead atoms. The molecule has 2 aliphatic heterocycles. The molecule has 0 radical (unpaired) electrons. The maximum atomic E-state index is 14.2. The second kappa shape index (κ2) is 6.81. The van der Waals surface area contributed by atoms with Crippen molar-refractivity contribution in [2.45, 2.75) is 30.7 Å². The van der Waals surface area contributed by atoms with E-state index in [4.69, 9.17) is 14.2 Å². The lowest BCUT2D eigenvalue weighted by Crippen LogP contribution is -2.57. The highest BCUT2D eigenvalue weighted by Gasteiger charge is 2.50. The van der Waals surface area contributed by atoms with Gasteiger partial charge in [-0.05, 0) is 25.1 Å². The molecule has 4 nitrogen and oxygen atoms in total. The van der Waals surface area contributed by atoms with Gasteiger partial charge in [-0.2, -0.15) is 13.2 Å². The predicted octanol–water partition coefficient (Wildman–Crippen LogP) is 4.12. The highest BCUT2D eigenvalue weighted by atomic mass is 19.4. The summed E-state index contributed by atoms with van der Waals surface area (Å²) in [6.45, 7) is 2.41. The van der Waals surface area contributed by atoms with Crippen molar-refractivity contribution in [2.24, 2.45) is 0 Å². The van der Waals surface area contributed by atoms with Crippen LogP contribution in [0.2, 0.25) is 0 Å². The van der Waals surface area contributed by atoms with E-state index >= 15 is 0 Å². The molecule has 2 saturated heterocycles. The van der Waals surface area contributed by atoms with Crippen LogP contribution in [0.1, 0.15) is 29.9 Å². The number of hydrogen-bond donors (Lipinski definition) is 1. The minimum absolute atomic E-state index is 0.211. The summed E-state index contributed by atoms with van der Waals surface area (Å²) in [5.74, 6) is -0.380. The monoisotopic (exact) mass is 397 g/mol. The lowest BCUT2D eigenvalue weighted by Gasteiger charge is -2.38. The van der Waals surface area contributed by atoms with Crippen LogP contribution in [-0.4, -0.2) is 25.4 Å². The molecule has 2 aromatic rings. The Balaban J connectivity index is 1.44. The molecule has 0 aliphatic carbocycles. The second-order valence-corrected chi connectivity index (χ2v) is 7.28. The van der Waals surface area contributed by atoms with Crippen molar-refractivity contribution in [2.75, 3.05) is 19.8 Å². The van der Waals surface area contributed by atoms with Gasteiger partial charge < -0.3 is 14.2 Å². The van der Waals surface area contributed by atoms with E-state index in [0.717, 1.165) is 12.1 Å². The van der Waals surface area contributed by atoms with Crippen LogP contribution in [0, 0.1) is 5.82 Å². The Bertz CT molecular complexity index is 847. The van der Waals surface area contributed by atoms with E-state index in [1.54, 1.807) is 25.1 Å². The van der Waals surface area contributed by atoms with Gasteiger partial charge in [0.25, 0.3) is 0 Å². The molecule has 2 aromatic carbocycles. The van der Waals surface area contributed by atoms with Gasteiger partial charge in [-0.1, -0.05) is 30.3 Å². The first kappa shape index (κ1) is 19.3. The molecule has 2 heterocycles. The molecule has 0 aromatic heterocycles. The van der Waals surface area contributed by atoms with Gasteiger partial charge in [0.05, 0.1) is 30.9 Å². The van der Waals surface area contributed by atoms with Crippen LogP contribution in [0.25, 0.3) is 0 Å². The third-order valence-electron chi connectivity index (χ3n) is 5.06. The summed E-state index contributed by atoms with van der Waals surface area (Å²) in [6, 6.07) is 11.0. The van der Waals surface area contributed by atoms with Crippen molar-refractivity contribution < 1.29 is 31.8 Å². The first-order valence-electron chi connectivity index (χ1n) is 8.80. The Hall–Kier alpha value is -2.00. The van der Waals surface area contributed by atoms with Crippen LogP contribution in [0.4, 0.5) is 17.6 Å². The SMILES string of the molecule is CC1(c2ccccc2F)NC2(COC(c3ccc(C(F)(F)F)cc3)OC2)CO1. The Kier molecular flexibility index (Phi) is 4.70. The van der Waals surface area contributed by atoms with Gasteiger partial charge in [-0.25, -0.2) is 4.39 Å². The fourth-order valence-corrected chi connectivity index (χ4v) is 3.59. The third kappa shape index (κ3) is 3.53. The summed E-state index contributed by atoms with van der Waals surface area (Å²) >= 11 is 0. The first-order valence-corrected chi connectivity index (χ1v) is 8.80. The van der Waals surface area contributed by atoms with Gasteiger partial charge >= 0.3 is 6.18 Å². The zero-order valence-electron chi connectivity index (χ0n) is 15.1. The maximum Gasteiger partial charge on any atom is 0.416 e. The van der Waals surface area contributed by atoms with Gasteiger partial charge in [-0.15, -0.1) is 0 Å². The summed E-state index contributed by atoms with van der Waals surface area (Å²) in [6.07, 6.45) is -5.16. The largest absolute Gasteiger partial charge is 0.416 e. The van der Waals surface area contributed by atoms with E-state index in [1.807, 2.05) is 0 Å². The van der Waals surface area contributed by atoms with Crippen molar-refractivity contribution in [3.05, 3.63) is 71.0 Å². The summed E-state index contributed by atoms with van der Waals surface area (Å²) < 4.78 is 69.6. The molecule has 2 aliphatic rings. The highest BCUT2D eigenvalue weighted by molar-refractivity contribution is 5.27. The molecule has 2 fully saturated rings. The molecule has 4 rings (SSSR count). The second-order valence-electron chi connectivity index (χ2n) is 7.28. The highest BCUT2D eigenvalue weighted by Crippen LogP contribution is 2.38. The van der Waals surface area contributed by atoms with Crippen LogP contribution in [0.15, 0.2) is 48.5 Å². The molecule has 28 heavy (non-hydrogen) atoms. The number of ether oxygens (including phenoxy) is 3. The Morgan fingerprint density at radius 1 is 0.964 bits per heavy atom. The Morgan fingerprint density at radius 2 is 1.61 bits per heavy atom. The lowest BCUT2D eigenvalue weighted by atomic mass is 9.99. The summed E-state index contributed by atoms with van der Waals surface area (Å²) in [5.41, 5.74) is -1.54. The smallest absolute Gasteiger partial charge is 0.354 e. The molecule has 150 valence electrons. The van der Waals surface area contributed by atoms with Gasteiger partial charge in [0.2, 0.25) is 0 Å². The molecular formula is C20H19F4NO3. The van der Waals surface area contributed by atoms with Gasteiger partial charge in [0.15, 0.2) is 6.29 Å². The number of benzene rings is 2. The third-order valence-corrected chi connectivity index (χ3v) is 5.06. The van der Waals surface area contributed by atoms with E-state index in [2.05, 4.69) is 5.32 Å². The average molecular weight is 397 g/mol. The fourth-order valence-electron chi connectivity index (χ4n) is 3.59. The molecule has 0 saturated carbocycles. The zero-order valence-corrected chi connectivity index (χ0v) is 15.1. The van der Waals surface area contributed by atoms with Crippen LogP contribution in [0.3, 0.4) is 0 Å². The Morgan fingerprint density at radius 3 is 2.21 bits per heavy atom. The van der Waals surface area contributed by atoms with E-state index < -0.39 is 29.3 Å². The minimum atomic E-state index is -4.39. The standard InChI is InChI=1S/C20H19F4NO3/c1-18(15-4-2-3-5-16(15)21)25-19(12-28-18)10-26-17(27-11-19)13-6-8-14(9-7-13)20(22,23)24/h2-9,17,25H,10-12H2,1H3. The quantitative estimate of drug-likeness (QED) is 0.774. The zero-order chi connectivity index (χ0) is 20.0. The van der Waals surface area contributed by atoms with E-state index in [1.165, 1.54) is 18.2 Å². The van der Waals surface area contributed by atoms with Crippen LogP contribution >= 0.6 is 0 Å². The van der Waals surface area contributed by atoms with Crippen molar-refractivity contribution in [3.63, 3.8) is 0 Å². The van der Waals surface area contributed by atoms with Crippen molar-refractivity contribution in [3.8, 4) is 0 Å². The molecule has 0 amide bonds. The lowest BCUT2D eigenvalue weighted by molar-refractivity contribution is -0.215. The molecular weight excluding hydrogens is 378 g/mol. The normalized spacial score (nSPS) is 30.7. The van der Waals surface area contributed by atoms with Crippen molar-refractivity contribution in [1.82, 2.24) is 5.32 Å². The number of nitrogens with one attached hydrogen (secondary N) is 1. The summed E-state index contributed by atoms with van der Waals surface area (Å²) in [7, 11) is 0. The van der Waals surface area contributed by atoms with Gasteiger partial charge in [0, 0.05) is 11.1 Å². The molecule has 8 heteroatoms. The topological polar surface area (TPSA) is 39.7 Å². The molecule has 1 unspecified atom stereocenters. The number of hydrogen-bond acceptors (Lipinski definition) is 4. The summed E-state index contributed by atoms with van der Waals surface area (Å²) in [5, 5.41) is 3.28. The summed E-state index contributed by atoms with van der Waals surface area (Å²) in [4.78, 5) is 0. The number of rotatable bonds is 2. The van der Waals surface area contributed by atoms with Crippen molar-refractivity contribution >= 4 is 0 Å². The van der Waals surface area contributed by atoms with E-state index in [0.29, 0.717) is 11.1 Å². The average Bonchev–Trinajstić information content (AvgIpc) is 2.99. The van der Waals surface area contributed by atoms with Crippen LogP contribution in [0.5, 0.6) is 0 Å². The van der Waals surface area contributed by atoms with E-state index in [-0.39, 0.29) is 25.6 Å². The van der Waals surface area contributed by atoms with Gasteiger partial charge in [0.1, 0.15) is 11.5 Å². The molecule has 1 spiro atoms. The molecule has 1 atom stereocenters. The maximum absolute atomic E-state index is 14.2. The Labute approximate surface area is 159 Å². The van der Waals surface area contributed by atoms with Gasteiger partial charge in [-0.3, -0.25) is 5.32 Å². The van der Waals surface area contributed by atoms with Crippen LogP contribution in [-0.2, 0) is 26.1 Å². The minimum Gasteiger partial charge on any atom is -0.354 e. The number of halogens is 4. The predicted molar refractivity (Wildman–Crippen MR) is 91.7 cm³/mol. The first-order chi connectivity index (χ1) is 13.2. The van der Waals surface area contributed by atoms with E-state index in [9.17, 15) is 17.6 Å². The van der Waals surface area contributed by atoms with Crippen LogP contribution < -0.4 is 5.32 Å².